The smallest absolute Gasteiger partial charge is 0.337 e. The Morgan fingerprint density at radius 2 is 1.50 bits per heavy atom. The maximum absolute atomic E-state index is 14.3. The monoisotopic (exact) mass is 394 g/mol. The van der Waals surface area contributed by atoms with Crippen LogP contribution in [0.1, 0.15) is 26.3 Å². The summed E-state index contributed by atoms with van der Waals surface area (Å²) in [6.07, 6.45) is 0. The minimum atomic E-state index is -1.31. The van der Waals surface area contributed by atoms with E-state index in [-0.39, 0.29) is 30.1 Å². The number of ketones is 1. The average molecular weight is 394 g/mol. The third-order valence-electron chi connectivity index (χ3n) is 3.77. The maximum Gasteiger partial charge on any atom is 0.337 e. The van der Waals surface area contributed by atoms with E-state index < -0.39 is 29.0 Å². The number of esters is 1. The van der Waals surface area contributed by atoms with Crippen molar-refractivity contribution in [2.24, 2.45) is 0 Å². The van der Waals surface area contributed by atoms with Crippen LogP contribution in [0, 0.1) is 11.6 Å². The number of benzene rings is 2. The van der Waals surface area contributed by atoms with Crippen LogP contribution in [0.15, 0.2) is 36.4 Å². The van der Waals surface area contributed by atoms with Crippen LogP contribution in [-0.2, 0) is 14.2 Å². The second-order valence-electron chi connectivity index (χ2n) is 5.59. The van der Waals surface area contributed by atoms with Gasteiger partial charge in [0.15, 0.2) is 17.4 Å². The van der Waals surface area contributed by atoms with E-state index in [2.05, 4.69) is 4.74 Å². The van der Waals surface area contributed by atoms with E-state index >= 15 is 0 Å². The number of halogens is 2. The summed E-state index contributed by atoms with van der Waals surface area (Å²) in [4.78, 5) is 24.2. The third-order valence-corrected chi connectivity index (χ3v) is 3.77. The topological polar surface area (TPSA) is 71.1 Å². The normalized spacial score (nSPS) is 10.6. The molecule has 0 atom stereocenters. The van der Waals surface area contributed by atoms with Crippen LogP contribution in [0.5, 0.6) is 5.75 Å². The van der Waals surface area contributed by atoms with Crippen LogP contribution < -0.4 is 4.74 Å². The first-order chi connectivity index (χ1) is 13.5. The van der Waals surface area contributed by atoms with E-state index in [0.29, 0.717) is 13.2 Å². The summed E-state index contributed by atoms with van der Waals surface area (Å²) >= 11 is 0. The van der Waals surface area contributed by atoms with Crippen molar-refractivity contribution in [2.45, 2.75) is 0 Å². The number of carbonyl (C=O) groups is 2. The Morgan fingerprint density at radius 3 is 2.14 bits per heavy atom. The molecular formula is C20H20F2O6. The summed E-state index contributed by atoms with van der Waals surface area (Å²) in [7, 11) is 2.77. The Hall–Kier alpha value is -2.84. The Bertz CT molecular complexity index is 820. The Kier molecular flexibility index (Phi) is 8.03. The van der Waals surface area contributed by atoms with Gasteiger partial charge in [-0.15, -0.1) is 0 Å². The molecule has 0 aromatic heterocycles. The van der Waals surface area contributed by atoms with Gasteiger partial charge in [0.2, 0.25) is 0 Å². The number of hydrogen-bond donors (Lipinski definition) is 0. The molecular weight excluding hydrogens is 374 g/mol. The van der Waals surface area contributed by atoms with Crippen LogP contribution in [0.25, 0.3) is 0 Å². The first-order valence-electron chi connectivity index (χ1n) is 8.40. The Morgan fingerprint density at radius 1 is 0.857 bits per heavy atom. The van der Waals surface area contributed by atoms with Gasteiger partial charge < -0.3 is 18.9 Å². The summed E-state index contributed by atoms with van der Waals surface area (Å²) in [6.45, 7) is 0.993. The van der Waals surface area contributed by atoms with Gasteiger partial charge in [0.05, 0.1) is 32.5 Å². The molecule has 0 amide bonds. The SMILES string of the molecule is COCCOCCOc1ccc(F)c(F)c1C(=O)c1ccc(C(=O)OC)cc1. The highest BCUT2D eigenvalue weighted by Gasteiger charge is 2.23. The molecule has 0 saturated heterocycles. The Labute approximate surface area is 161 Å². The van der Waals surface area contributed by atoms with Gasteiger partial charge in [0.25, 0.3) is 0 Å². The lowest BCUT2D eigenvalue weighted by Crippen LogP contribution is -2.14. The molecule has 2 rings (SSSR count). The van der Waals surface area contributed by atoms with Crippen LogP contribution in [-0.4, -0.2) is 52.4 Å². The van der Waals surface area contributed by atoms with Gasteiger partial charge in [-0.25, -0.2) is 13.6 Å². The molecule has 0 radical (unpaired) electrons. The summed E-state index contributed by atoms with van der Waals surface area (Å²) in [5.41, 5.74) is -0.232. The molecule has 0 fully saturated rings. The standard InChI is InChI=1S/C20H20F2O6/c1-25-9-10-27-11-12-28-16-8-7-15(21)18(22)17(16)19(23)13-3-5-14(6-4-13)20(24)26-2/h3-8H,9-12H2,1-2H3. The molecule has 0 saturated carbocycles. The fourth-order valence-corrected chi connectivity index (χ4v) is 2.34. The van der Waals surface area contributed by atoms with E-state index in [0.717, 1.165) is 6.07 Å². The maximum atomic E-state index is 14.3. The highest BCUT2D eigenvalue weighted by molar-refractivity contribution is 6.11. The first-order valence-corrected chi connectivity index (χ1v) is 8.40. The highest BCUT2D eigenvalue weighted by Crippen LogP contribution is 2.27. The van der Waals surface area contributed by atoms with Crippen LogP contribution in [0.2, 0.25) is 0 Å². The molecule has 2 aromatic carbocycles. The number of hydrogen-bond acceptors (Lipinski definition) is 6. The van der Waals surface area contributed by atoms with E-state index in [9.17, 15) is 18.4 Å². The number of carbonyl (C=O) groups excluding carboxylic acids is 2. The van der Waals surface area contributed by atoms with Gasteiger partial charge in [-0.05, 0) is 24.3 Å². The number of rotatable bonds is 10. The van der Waals surface area contributed by atoms with Crippen molar-refractivity contribution in [2.75, 3.05) is 40.6 Å². The highest BCUT2D eigenvalue weighted by atomic mass is 19.2. The molecule has 0 unspecified atom stereocenters. The lowest BCUT2D eigenvalue weighted by molar-refractivity contribution is 0.0541. The molecule has 0 bridgehead atoms. The van der Waals surface area contributed by atoms with E-state index in [1.54, 1.807) is 0 Å². The van der Waals surface area contributed by atoms with Crippen molar-refractivity contribution in [3.8, 4) is 5.75 Å². The van der Waals surface area contributed by atoms with Crippen molar-refractivity contribution < 1.29 is 37.3 Å². The lowest BCUT2D eigenvalue weighted by atomic mass is 10.0. The van der Waals surface area contributed by atoms with E-state index in [4.69, 9.17) is 14.2 Å². The molecule has 8 heteroatoms. The summed E-state index contributed by atoms with van der Waals surface area (Å²) in [6, 6.07) is 7.45. The molecule has 0 aliphatic rings. The van der Waals surface area contributed by atoms with Crippen molar-refractivity contribution in [3.05, 3.63) is 64.7 Å². The molecule has 2 aromatic rings. The zero-order chi connectivity index (χ0) is 20.5. The molecule has 0 spiro atoms. The molecule has 0 aliphatic heterocycles. The van der Waals surface area contributed by atoms with Crippen LogP contribution in [0.4, 0.5) is 8.78 Å². The zero-order valence-corrected chi connectivity index (χ0v) is 15.5. The first kappa shape index (κ1) is 21.5. The van der Waals surface area contributed by atoms with Crippen molar-refractivity contribution in [3.63, 3.8) is 0 Å². The van der Waals surface area contributed by atoms with Crippen molar-refractivity contribution in [1.29, 1.82) is 0 Å². The minimum absolute atomic E-state index is 0.0380. The second-order valence-corrected chi connectivity index (χ2v) is 5.59. The fraction of sp³-hybridized carbons (Fsp3) is 0.300. The van der Waals surface area contributed by atoms with Crippen molar-refractivity contribution >= 4 is 11.8 Å². The van der Waals surface area contributed by atoms with E-state index in [1.165, 1.54) is 44.6 Å². The number of ether oxygens (including phenoxy) is 4. The van der Waals surface area contributed by atoms with Crippen molar-refractivity contribution in [1.82, 2.24) is 0 Å². The predicted molar refractivity (Wildman–Crippen MR) is 95.8 cm³/mol. The van der Waals surface area contributed by atoms with Gasteiger partial charge in [0, 0.05) is 12.7 Å². The molecule has 6 nitrogen and oxygen atoms in total. The molecule has 0 heterocycles. The minimum Gasteiger partial charge on any atom is -0.490 e. The Balaban J connectivity index is 2.19. The molecule has 28 heavy (non-hydrogen) atoms. The predicted octanol–water partition coefficient (Wildman–Crippen LogP) is 3.02. The number of methoxy groups -OCH3 is 2. The third kappa shape index (κ3) is 5.34. The lowest BCUT2D eigenvalue weighted by Gasteiger charge is -2.13. The molecule has 0 N–H and O–H groups in total. The van der Waals surface area contributed by atoms with Gasteiger partial charge in [-0.1, -0.05) is 12.1 Å². The van der Waals surface area contributed by atoms with Crippen LogP contribution >= 0.6 is 0 Å². The van der Waals surface area contributed by atoms with Gasteiger partial charge in [-0.3, -0.25) is 4.79 Å². The summed E-state index contributed by atoms with van der Waals surface area (Å²) in [5.74, 6) is -3.92. The summed E-state index contributed by atoms with van der Waals surface area (Å²) in [5, 5.41) is 0. The van der Waals surface area contributed by atoms with Gasteiger partial charge in [-0.2, -0.15) is 0 Å². The zero-order valence-electron chi connectivity index (χ0n) is 15.5. The molecule has 0 aliphatic carbocycles. The average Bonchev–Trinajstić information content (AvgIpc) is 2.72. The fourth-order valence-electron chi connectivity index (χ4n) is 2.34. The molecule has 150 valence electrons. The van der Waals surface area contributed by atoms with Gasteiger partial charge in [0.1, 0.15) is 17.9 Å². The largest absolute Gasteiger partial charge is 0.490 e. The van der Waals surface area contributed by atoms with Gasteiger partial charge >= 0.3 is 5.97 Å². The second kappa shape index (κ2) is 10.5. The summed E-state index contributed by atoms with van der Waals surface area (Å²) < 4.78 is 48.1. The van der Waals surface area contributed by atoms with Crippen LogP contribution in [0.3, 0.4) is 0 Å². The van der Waals surface area contributed by atoms with E-state index in [1.807, 2.05) is 0 Å². The quantitative estimate of drug-likeness (QED) is 0.351.